The third-order valence-electron chi connectivity index (χ3n) is 4.41. The van der Waals surface area contributed by atoms with Crippen LogP contribution in [0.3, 0.4) is 0 Å². The number of carbonyl (C=O) groups is 1. The van der Waals surface area contributed by atoms with E-state index in [0.29, 0.717) is 10.7 Å². The average molecular weight is 469 g/mol. The summed E-state index contributed by atoms with van der Waals surface area (Å²) < 4.78 is 64.9. The number of hydrogen-bond donors (Lipinski definition) is 1. The van der Waals surface area contributed by atoms with Crippen molar-refractivity contribution in [1.82, 2.24) is 0 Å². The molecule has 0 aliphatic carbocycles. The smallest absolute Gasteiger partial charge is 0.322 e. The van der Waals surface area contributed by atoms with Gasteiger partial charge in [-0.3, -0.25) is 9.10 Å². The molecule has 0 atom stereocenters. The Morgan fingerprint density at radius 1 is 0.968 bits per heavy atom. The van der Waals surface area contributed by atoms with Crippen LogP contribution in [0.25, 0.3) is 0 Å². The summed E-state index contributed by atoms with van der Waals surface area (Å²) in [5, 5.41) is 2.80. The first-order valence-electron chi connectivity index (χ1n) is 8.82. The van der Waals surface area contributed by atoms with Gasteiger partial charge in [-0.05, 0) is 66.7 Å². The minimum atomic E-state index is -4.53. The van der Waals surface area contributed by atoms with E-state index in [1.807, 2.05) is 0 Å². The molecule has 1 N–H and O–H groups in total. The normalized spacial score (nSPS) is 11.8. The van der Waals surface area contributed by atoms with E-state index in [1.165, 1.54) is 67.7 Å². The minimum Gasteiger partial charge on any atom is -0.322 e. The van der Waals surface area contributed by atoms with Crippen LogP contribution in [-0.4, -0.2) is 21.4 Å². The number of nitrogens with one attached hydrogen (secondary N) is 1. The maximum Gasteiger partial charge on any atom is 0.416 e. The van der Waals surface area contributed by atoms with Crippen molar-refractivity contribution in [2.45, 2.75) is 11.1 Å². The van der Waals surface area contributed by atoms with Crippen LogP contribution in [0.15, 0.2) is 77.7 Å². The van der Waals surface area contributed by atoms with Crippen LogP contribution in [0, 0.1) is 0 Å². The number of hydrogen-bond acceptors (Lipinski definition) is 3. The Morgan fingerprint density at radius 2 is 1.58 bits per heavy atom. The molecule has 0 fully saturated rings. The zero-order valence-electron chi connectivity index (χ0n) is 16.0. The van der Waals surface area contributed by atoms with Crippen molar-refractivity contribution in [1.29, 1.82) is 0 Å². The Balaban J connectivity index is 1.76. The van der Waals surface area contributed by atoms with Crippen LogP contribution in [-0.2, 0) is 16.2 Å². The van der Waals surface area contributed by atoms with Crippen molar-refractivity contribution in [2.24, 2.45) is 0 Å². The van der Waals surface area contributed by atoms with Gasteiger partial charge in [0.15, 0.2) is 0 Å². The van der Waals surface area contributed by atoms with Crippen molar-refractivity contribution in [3.8, 4) is 0 Å². The van der Waals surface area contributed by atoms with E-state index in [9.17, 15) is 26.4 Å². The van der Waals surface area contributed by atoms with Gasteiger partial charge in [-0.25, -0.2) is 8.42 Å². The van der Waals surface area contributed by atoms with Gasteiger partial charge in [-0.2, -0.15) is 13.2 Å². The van der Waals surface area contributed by atoms with Crippen molar-refractivity contribution in [3.63, 3.8) is 0 Å². The first-order valence-corrected chi connectivity index (χ1v) is 10.6. The monoisotopic (exact) mass is 468 g/mol. The second-order valence-electron chi connectivity index (χ2n) is 6.51. The Labute approximate surface area is 182 Å². The lowest BCUT2D eigenvalue weighted by atomic mass is 10.1. The standard InChI is InChI=1S/C21H16ClF3N2O3S/c1-27(31(29,30)19-11-7-16(22)8-12-19)18-9-5-14(6-10-18)20(28)26-17-4-2-3-15(13-17)21(23,24)25/h2-13H,1H3,(H,26,28). The summed E-state index contributed by atoms with van der Waals surface area (Å²) in [6.07, 6.45) is -4.53. The Bertz CT molecular complexity index is 1200. The lowest BCUT2D eigenvalue weighted by Crippen LogP contribution is -2.26. The molecule has 10 heteroatoms. The number of amides is 1. The van der Waals surface area contributed by atoms with Crippen LogP contribution >= 0.6 is 11.6 Å². The summed E-state index contributed by atoms with van der Waals surface area (Å²) in [5.41, 5.74) is -0.440. The zero-order chi connectivity index (χ0) is 22.8. The van der Waals surface area contributed by atoms with Crippen molar-refractivity contribution in [2.75, 3.05) is 16.7 Å². The molecular weight excluding hydrogens is 453 g/mol. The molecule has 162 valence electrons. The van der Waals surface area contributed by atoms with Crippen LogP contribution in [0.5, 0.6) is 0 Å². The van der Waals surface area contributed by atoms with Gasteiger partial charge in [0, 0.05) is 23.3 Å². The maximum atomic E-state index is 12.8. The molecule has 31 heavy (non-hydrogen) atoms. The van der Waals surface area contributed by atoms with Crippen LogP contribution in [0.2, 0.25) is 5.02 Å². The molecule has 0 radical (unpaired) electrons. The highest BCUT2D eigenvalue weighted by molar-refractivity contribution is 7.92. The quantitative estimate of drug-likeness (QED) is 0.542. The van der Waals surface area contributed by atoms with E-state index in [1.54, 1.807) is 0 Å². The Kier molecular flexibility index (Phi) is 6.28. The molecule has 3 rings (SSSR count). The molecule has 0 aliphatic rings. The molecule has 5 nitrogen and oxygen atoms in total. The topological polar surface area (TPSA) is 66.5 Å². The number of rotatable bonds is 5. The van der Waals surface area contributed by atoms with Crippen molar-refractivity contribution >= 4 is 38.9 Å². The van der Waals surface area contributed by atoms with Gasteiger partial charge in [0.05, 0.1) is 16.1 Å². The summed E-state index contributed by atoms with van der Waals surface area (Å²) >= 11 is 5.79. The summed E-state index contributed by atoms with van der Waals surface area (Å²) in [6.45, 7) is 0. The van der Waals surface area contributed by atoms with Crippen LogP contribution in [0.1, 0.15) is 15.9 Å². The Morgan fingerprint density at radius 3 is 2.16 bits per heavy atom. The molecule has 0 aromatic heterocycles. The molecule has 0 saturated carbocycles. The van der Waals surface area contributed by atoms with Gasteiger partial charge in [0.2, 0.25) is 0 Å². The van der Waals surface area contributed by atoms with E-state index in [0.717, 1.165) is 16.4 Å². The van der Waals surface area contributed by atoms with Crippen LogP contribution in [0.4, 0.5) is 24.5 Å². The molecule has 0 aliphatic heterocycles. The van der Waals surface area contributed by atoms with Crippen molar-refractivity contribution < 1.29 is 26.4 Å². The van der Waals surface area contributed by atoms with Crippen molar-refractivity contribution in [3.05, 3.63) is 88.9 Å². The second-order valence-corrected chi connectivity index (χ2v) is 8.91. The molecule has 1 amide bonds. The molecular formula is C21H16ClF3N2O3S. The fraction of sp³-hybridized carbons (Fsp3) is 0.0952. The van der Waals surface area contributed by atoms with E-state index in [-0.39, 0.29) is 16.1 Å². The molecule has 0 bridgehead atoms. The number of sulfonamides is 1. The van der Waals surface area contributed by atoms with Gasteiger partial charge in [0.1, 0.15) is 0 Å². The first-order chi connectivity index (χ1) is 14.5. The predicted molar refractivity (Wildman–Crippen MR) is 113 cm³/mol. The largest absolute Gasteiger partial charge is 0.416 e. The van der Waals surface area contributed by atoms with Crippen LogP contribution < -0.4 is 9.62 Å². The predicted octanol–water partition coefficient (Wildman–Crippen LogP) is 5.44. The Hall–Kier alpha value is -3.04. The van der Waals surface area contributed by atoms with E-state index < -0.39 is 27.7 Å². The molecule has 0 heterocycles. The SMILES string of the molecule is CN(c1ccc(C(=O)Nc2cccc(C(F)(F)F)c2)cc1)S(=O)(=O)c1ccc(Cl)cc1. The zero-order valence-corrected chi connectivity index (χ0v) is 17.6. The maximum absolute atomic E-state index is 12.8. The molecule has 0 saturated heterocycles. The van der Waals surface area contributed by atoms with Gasteiger partial charge in [-0.15, -0.1) is 0 Å². The van der Waals surface area contributed by atoms with E-state index in [4.69, 9.17) is 11.6 Å². The highest BCUT2D eigenvalue weighted by Crippen LogP contribution is 2.31. The number of nitrogens with zero attached hydrogens (tertiary/aromatic N) is 1. The fourth-order valence-corrected chi connectivity index (χ4v) is 4.02. The molecule has 3 aromatic rings. The summed E-state index contributed by atoms with van der Waals surface area (Å²) in [5.74, 6) is -0.630. The number of alkyl halides is 3. The number of anilines is 2. The average Bonchev–Trinajstić information content (AvgIpc) is 2.73. The fourth-order valence-electron chi connectivity index (χ4n) is 2.70. The summed E-state index contributed by atoms with van der Waals surface area (Å²) in [4.78, 5) is 12.4. The lowest BCUT2D eigenvalue weighted by Gasteiger charge is -2.20. The number of benzene rings is 3. The highest BCUT2D eigenvalue weighted by Gasteiger charge is 2.30. The highest BCUT2D eigenvalue weighted by atomic mass is 35.5. The van der Waals surface area contributed by atoms with Gasteiger partial charge >= 0.3 is 6.18 Å². The number of carbonyl (C=O) groups excluding carboxylic acids is 1. The third kappa shape index (κ3) is 5.18. The number of halogens is 4. The van der Waals surface area contributed by atoms with E-state index >= 15 is 0 Å². The molecule has 0 spiro atoms. The van der Waals surface area contributed by atoms with Gasteiger partial charge in [-0.1, -0.05) is 17.7 Å². The second kappa shape index (κ2) is 8.60. The van der Waals surface area contributed by atoms with E-state index in [2.05, 4.69) is 5.32 Å². The van der Waals surface area contributed by atoms with Gasteiger partial charge < -0.3 is 5.32 Å². The summed E-state index contributed by atoms with van der Waals surface area (Å²) in [7, 11) is -2.48. The third-order valence-corrected chi connectivity index (χ3v) is 6.46. The first kappa shape index (κ1) is 22.6. The minimum absolute atomic E-state index is 0.00802. The van der Waals surface area contributed by atoms with Gasteiger partial charge in [0.25, 0.3) is 15.9 Å². The lowest BCUT2D eigenvalue weighted by molar-refractivity contribution is -0.137. The molecule has 3 aromatic carbocycles. The molecule has 0 unspecified atom stereocenters. The summed E-state index contributed by atoms with van der Waals surface area (Å²) in [6, 6.07) is 15.6.